The Kier molecular flexibility index (Phi) is 4.79. The molecule has 0 spiro atoms. The van der Waals surface area contributed by atoms with Crippen molar-refractivity contribution >= 4 is 5.78 Å². The van der Waals surface area contributed by atoms with Crippen molar-refractivity contribution in [3.63, 3.8) is 0 Å². The van der Waals surface area contributed by atoms with Crippen molar-refractivity contribution in [2.75, 3.05) is 6.61 Å². The molecule has 0 saturated carbocycles. The lowest BCUT2D eigenvalue weighted by molar-refractivity contribution is 0.0962. The van der Waals surface area contributed by atoms with Gasteiger partial charge in [-0.1, -0.05) is 63.2 Å². The lowest BCUT2D eigenvalue weighted by Crippen LogP contribution is -2.12. The van der Waals surface area contributed by atoms with Crippen LogP contribution in [-0.4, -0.2) is 12.4 Å². The summed E-state index contributed by atoms with van der Waals surface area (Å²) >= 11 is 0. The normalized spacial score (nSPS) is 11.2. The number of ketones is 1. The molecule has 21 heavy (non-hydrogen) atoms. The minimum Gasteiger partial charge on any atom is -0.493 e. The van der Waals surface area contributed by atoms with Gasteiger partial charge in [0.1, 0.15) is 5.75 Å². The van der Waals surface area contributed by atoms with Crippen LogP contribution < -0.4 is 4.74 Å². The maximum absolute atomic E-state index is 12.1. The monoisotopic (exact) mass is 282 g/mol. The molecule has 0 fully saturated rings. The van der Waals surface area contributed by atoms with Gasteiger partial charge in [-0.3, -0.25) is 4.79 Å². The fourth-order valence-corrected chi connectivity index (χ4v) is 2.08. The molecule has 0 N–H and O–H groups in total. The van der Waals surface area contributed by atoms with Gasteiger partial charge in [-0.25, -0.2) is 0 Å². The molecule has 0 aliphatic carbocycles. The summed E-state index contributed by atoms with van der Waals surface area (Å²) in [5.74, 6) is 0.916. The highest BCUT2D eigenvalue weighted by Crippen LogP contribution is 2.22. The van der Waals surface area contributed by atoms with E-state index < -0.39 is 0 Å². The Hall–Kier alpha value is -2.09. The number of benzene rings is 2. The SMILES string of the molecule is CC(C)(C)c1ccc(C(=O)CCOc2ccccc2)cc1. The Morgan fingerprint density at radius 2 is 1.57 bits per heavy atom. The number of ether oxygens (including phenoxy) is 1. The number of rotatable bonds is 5. The molecule has 0 heterocycles. The van der Waals surface area contributed by atoms with Gasteiger partial charge in [-0.05, 0) is 23.1 Å². The molecular weight excluding hydrogens is 260 g/mol. The Morgan fingerprint density at radius 1 is 0.952 bits per heavy atom. The topological polar surface area (TPSA) is 26.3 Å². The zero-order valence-corrected chi connectivity index (χ0v) is 12.9. The van der Waals surface area contributed by atoms with E-state index in [1.165, 1.54) is 5.56 Å². The summed E-state index contributed by atoms with van der Waals surface area (Å²) in [7, 11) is 0. The molecule has 0 saturated heterocycles. The first-order chi connectivity index (χ1) is 9.97. The molecule has 0 radical (unpaired) electrons. The molecule has 0 bridgehead atoms. The maximum atomic E-state index is 12.1. The summed E-state index contributed by atoms with van der Waals surface area (Å²) in [5.41, 5.74) is 2.09. The second-order valence-corrected chi connectivity index (χ2v) is 6.16. The molecule has 2 aromatic rings. The van der Waals surface area contributed by atoms with Gasteiger partial charge >= 0.3 is 0 Å². The largest absolute Gasteiger partial charge is 0.493 e. The lowest BCUT2D eigenvalue weighted by Gasteiger charge is -2.19. The molecule has 110 valence electrons. The van der Waals surface area contributed by atoms with E-state index in [4.69, 9.17) is 4.74 Å². The standard InChI is InChI=1S/C19H22O2/c1-19(2,3)16-11-9-15(10-12-16)18(20)13-14-21-17-7-5-4-6-8-17/h4-12H,13-14H2,1-3H3. The van der Waals surface area contributed by atoms with E-state index in [1.807, 2.05) is 54.6 Å². The van der Waals surface area contributed by atoms with E-state index in [-0.39, 0.29) is 11.2 Å². The third-order valence-electron chi connectivity index (χ3n) is 3.41. The Balaban J connectivity index is 1.89. The molecule has 0 aliphatic rings. The fourth-order valence-electron chi connectivity index (χ4n) is 2.08. The second kappa shape index (κ2) is 6.57. The third-order valence-corrected chi connectivity index (χ3v) is 3.41. The van der Waals surface area contributed by atoms with E-state index in [1.54, 1.807) is 0 Å². The molecule has 0 unspecified atom stereocenters. The van der Waals surface area contributed by atoms with Gasteiger partial charge in [0.15, 0.2) is 5.78 Å². The molecule has 0 atom stereocenters. The predicted octanol–water partition coefficient (Wildman–Crippen LogP) is 4.64. The van der Waals surface area contributed by atoms with Crippen LogP contribution in [0.1, 0.15) is 43.1 Å². The van der Waals surface area contributed by atoms with Crippen LogP contribution in [0.4, 0.5) is 0 Å². The highest BCUT2D eigenvalue weighted by Gasteiger charge is 2.14. The number of hydrogen-bond donors (Lipinski definition) is 0. The fraction of sp³-hybridized carbons (Fsp3) is 0.316. The summed E-state index contributed by atoms with van der Waals surface area (Å²) < 4.78 is 5.56. The number of Topliss-reactive ketones (excluding diaryl/α,β-unsaturated/α-hetero) is 1. The van der Waals surface area contributed by atoms with Crippen LogP contribution in [0.5, 0.6) is 5.75 Å². The summed E-state index contributed by atoms with van der Waals surface area (Å²) in [6.07, 6.45) is 0.393. The van der Waals surface area contributed by atoms with Crippen LogP contribution in [0.25, 0.3) is 0 Å². The highest BCUT2D eigenvalue weighted by atomic mass is 16.5. The van der Waals surface area contributed by atoms with Gasteiger partial charge in [0.25, 0.3) is 0 Å². The molecule has 2 rings (SSSR count). The first-order valence-electron chi connectivity index (χ1n) is 7.28. The predicted molar refractivity (Wildman–Crippen MR) is 86.0 cm³/mol. The van der Waals surface area contributed by atoms with Gasteiger partial charge in [0.2, 0.25) is 0 Å². The van der Waals surface area contributed by atoms with Gasteiger partial charge < -0.3 is 4.74 Å². The smallest absolute Gasteiger partial charge is 0.166 e. The van der Waals surface area contributed by atoms with Crippen LogP contribution in [0, 0.1) is 0 Å². The van der Waals surface area contributed by atoms with E-state index >= 15 is 0 Å². The van der Waals surface area contributed by atoms with Crippen molar-refractivity contribution in [3.8, 4) is 5.75 Å². The van der Waals surface area contributed by atoms with Crippen LogP contribution in [-0.2, 0) is 5.41 Å². The minimum atomic E-state index is 0.109. The molecule has 0 amide bonds. The molecule has 0 aromatic heterocycles. The van der Waals surface area contributed by atoms with Crippen LogP contribution in [0.15, 0.2) is 54.6 Å². The van der Waals surface area contributed by atoms with Crippen molar-refractivity contribution in [1.82, 2.24) is 0 Å². The Labute approximate surface area is 126 Å². The summed E-state index contributed by atoms with van der Waals surface area (Å²) in [4.78, 5) is 12.1. The first-order valence-corrected chi connectivity index (χ1v) is 7.28. The second-order valence-electron chi connectivity index (χ2n) is 6.16. The van der Waals surface area contributed by atoms with Crippen molar-refractivity contribution in [1.29, 1.82) is 0 Å². The van der Waals surface area contributed by atoms with E-state index in [9.17, 15) is 4.79 Å². The Bertz CT molecular complexity index is 577. The van der Waals surface area contributed by atoms with Crippen LogP contribution in [0.3, 0.4) is 0 Å². The zero-order valence-electron chi connectivity index (χ0n) is 12.9. The third kappa shape index (κ3) is 4.45. The Morgan fingerprint density at radius 3 is 2.14 bits per heavy atom. The molecule has 2 aromatic carbocycles. The molecule has 0 aliphatic heterocycles. The first kappa shape index (κ1) is 15.3. The van der Waals surface area contributed by atoms with Crippen molar-refractivity contribution < 1.29 is 9.53 Å². The maximum Gasteiger partial charge on any atom is 0.166 e. The lowest BCUT2D eigenvalue weighted by atomic mass is 9.86. The average Bonchev–Trinajstić information content (AvgIpc) is 2.47. The number of carbonyl (C=O) groups excluding carboxylic acids is 1. The van der Waals surface area contributed by atoms with E-state index in [0.29, 0.717) is 13.0 Å². The summed E-state index contributed by atoms with van der Waals surface area (Å²) in [5, 5.41) is 0. The zero-order chi connectivity index (χ0) is 15.3. The van der Waals surface area contributed by atoms with Crippen molar-refractivity contribution in [2.24, 2.45) is 0 Å². The summed E-state index contributed by atoms with van der Waals surface area (Å²) in [6, 6.07) is 17.4. The van der Waals surface area contributed by atoms with Gasteiger partial charge in [-0.2, -0.15) is 0 Å². The number of carbonyl (C=O) groups is 1. The highest BCUT2D eigenvalue weighted by molar-refractivity contribution is 5.96. The summed E-state index contributed by atoms with van der Waals surface area (Å²) in [6.45, 7) is 6.90. The molecule has 2 heteroatoms. The number of hydrogen-bond acceptors (Lipinski definition) is 2. The van der Waals surface area contributed by atoms with Crippen LogP contribution >= 0.6 is 0 Å². The molecule has 2 nitrogen and oxygen atoms in total. The molecular formula is C19H22O2. The average molecular weight is 282 g/mol. The van der Waals surface area contributed by atoms with E-state index in [0.717, 1.165) is 11.3 Å². The van der Waals surface area contributed by atoms with Crippen molar-refractivity contribution in [2.45, 2.75) is 32.6 Å². The van der Waals surface area contributed by atoms with Crippen LogP contribution in [0.2, 0.25) is 0 Å². The van der Waals surface area contributed by atoms with E-state index in [2.05, 4.69) is 20.8 Å². The minimum absolute atomic E-state index is 0.109. The van der Waals surface area contributed by atoms with Gasteiger partial charge in [-0.15, -0.1) is 0 Å². The van der Waals surface area contributed by atoms with Gasteiger partial charge in [0.05, 0.1) is 6.61 Å². The van der Waals surface area contributed by atoms with Gasteiger partial charge in [0, 0.05) is 12.0 Å². The quantitative estimate of drug-likeness (QED) is 0.747. The number of para-hydroxylation sites is 1. The van der Waals surface area contributed by atoms with Crippen molar-refractivity contribution in [3.05, 3.63) is 65.7 Å².